The van der Waals surface area contributed by atoms with Crippen LogP contribution in [0.25, 0.3) is 0 Å². The average Bonchev–Trinajstić information content (AvgIpc) is 3.44. The maximum Gasteiger partial charge on any atom is 0.327 e. The van der Waals surface area contributed by atoms with Gasteiger partial charge >= 0.3 is 6.03 Å². The highest BCUT2D eigenvalue weighted by atomic mass is 16.5. The van der Waals surface area contributed by atoms with Crippen LogP contribution in [0.1, 0.15) is 23.8 Å². The Morgan fingerprint density at radius 2 is 2.00 bits per heavy atom. The van der Waals surface area contributed by atoms with Crippen LogP contribution in [0.5, 0.6) is 5.75 Å². The monoisotopic (exact) mass is 396 g/mol. The molecule has 0 radical (unpaired) electrons. The number of methoxy groups -OCH3 is 1. The molecule has 1 fully saturated rings. The first kappa shape index (κ1) is 18.7. The first-order valence-electron chi connectivity index (χ1n) is 9.10. The second-order valence-electron chi connectivity index (χ2n) is 6.87. The number of hydrogen-bond acceptors (Lipinski definition) is 6. The largest absolute Gasteiger partial charge is 0.497 e. The molecule has 1 saturated heterocycles. The van der Waals surface area contributed by atoms with Gasteiger partial charge in [0.15, 0.2) is 0 Å². The Labute approximate surface area is 167 Å². The van der Waals surface area contributed by atoms with Crippen molar-refractivity contribution in [2.24, 2.45) is 5.10 Å². The Hall–Kier alpha value is -3.62. The summed E-state index contributed by atoms with van der Waals surface area (Å²) < 4.78 is 10.7. The van der Waals surface area contributed by atoms with Crippen molar-refractivity contribution in [1.82, 2.24) is 14.8 Å². The van der Waals surface area contributed by atoms with Gasteiger partial charge in [0.1, 0.15) is 30.6 Å². The van der Waals surface area contributed by atoms with E-state index < -0.39 is 23.9 Å². The molecule has 1 aromatic carbocycles. The molecular formula is C20H20N4O5. The maximum atomic E-state index is 13.0. The lowest BCUT2D eigenvalue weighted by atomic mass is 10.0. The number of urea groups is 1. The van der Waals surface area contributed by atoms with Gasteiger partial charge in [0, 0.05) is 13.5 Å². The Bertz CT molecular complexity index is 967. The molecule has 0 aliphatic carbocycles. The molecule has 0 saturated carbocycles. The van der Waals surface area contributed by atoms with E-state index in [9.17, 15) is 14.4 Å². The van der Waals surface area contributed by atoms with E-state index in [0.717, 1.165) is 16.2 Å². The smallest absolute Gasteiger partial charge is 0.327 e. The standard InChI is InChI=1S/C20H20N4O5/c1-22-11-18(25)23(20(22)27)12-19(26)24-16(17-4-3-9-29-17)10-15(21-24)13-5-7-14(28-2)8-6-13/h3-9,16H,10-12H2,1-2H3/t16-/m1/s1. The molecule has 2 aliphatic rings. The number of amides is 4. The number of furan rings is 1. The predicted molar refractivity (Wildman–Crippen MR) is 102 cm³/mol. The zero-order valence-corrected chi connectivity index (χ0v) is 16.1. The van der Waals surface area contributed by atoms with Crippen LogP contribution >= 0.6 is 0 Å². The Morgan fingerprint density at radius 1 is 1.24 bits per heavy atom. The summed E-state index contributed by atoms with van der Waals surface area (Å²) >= 11 is 0. The molecule has 0 unspecified atom stereocenters. The quantitative estimate of drug-likeness (QED) is 0.719. The summed E-state index contributed by atoms with van der Waals surface area (Å²) in [5.74, 6) is 0.450. The molecule has 1 aromatic heterocycles. The average molecular weight is 396 g/mol. The van der Waals surface area contributed by atoms with Crippen LogP contribution in [-0.2, 0) is 9.59 Å². The molecule has 2 aromatic rings. The van der Waals surface area contributed by atoms with E-state index in [1.54, 1.807) is 19.2 Å². The van der Waals surface area contributed by atoms with E-state index in [1.165, 1.54) is 23.2 Å². The third-order valence-electron chi connectivity index (χ3n) is 4.99. The van der Waals surface area contributed by atoms with Gasteiger partial charge in [-0.25, -0.2) is 9.80 Å². The van der Waals surface area contributed by atoms with Crippen molar-refractivity contribution < 1.29 is 23.5 Å². The van der Waals surface area contributed by atoms with Gasteiger partial charge in [0.05, 0.1) is 19.1 Å². The Morgan fingerprint density at radius 3 is 2.59 bits per heavy atom. The van der Waals surface area contributed by atoms with Crippen LogP contribution in [0.15, 0.2) is 52.2 Å². The lowest BCUT2D eigenvalue weighted by molar-refractivity contribution is -0.138. The number of hydrogen-bond donors (Lipinski definition) is 0. The fourth-order valence-electron chi connectivity index (χ4n) is 3.43. The van der Waals surface area contributed by atoms with Crippen LogP contribution in [0.2, 0.25) is 0 Å². The van der Waals surface area contributed by atoms with Crippen molar-refractivity contribution in [1.29, 1.82) is 0 Å². The minimum atomic E-state index is -0.489. The van der Waals surface area contributed by atoms with Crippen molar-refractivity contribution in [3.05, 3.63) is 54.0 Å². The van der Waals surface area contributed by atoms with Gasteiger partial charge in [-0.15, -0.1) is 0 Å². The lowest BCUT2D eigenvalue weighted by Crippen LogP contribution is -2.41. The molecule has 150 valence electrons. The molecule has 0 N–H and O–H groups in total. The topological polar surface area (TPSA) is 95.7 Å². The number of likely N-dealkylation sites (N-methyl/N-ethyl adjacent to an activating group) is 1. The van der Waals surface area contributed by atoms with Gasteiger partial charge in [-0.2, -0.15) is 5.10 Å². The van der Waals surface area contributed by atoms with E-state index in [0.29, 0.717) is 17.9 Å². The first-order valence-corrected chi connectivity index (χ1v) is 9.10. The second kappa shape index (κ2) is 7.42. The van der Waals surface area contributed by atoms with Gasteiger partial charge in [-0.3, -0.25) is 14.5 Å². The molecule has 0 spiro atoms. The fourth-order valence-corrected chi connectivity index (χ4v) is 3.43. The number of ether oxygens (including phenoxy) is 1. The van der Waals surface area contributed by atoms with Crippen molar-refractivity contribution in [3.8, 4) is 5.75 Å². The van der Waals surface area contributed by atoms with Gasteiger partial charge in [-0.1, -0.05) is 0 Å². The third-order valence-corrected chi connectivity index (χ3v) is 4.99. The number of carbonyl (C=O) groups is 3. The molecule has 0 bridgehead atoms. The van der Waals surface area contributed by atoms with Crippen LogP contribution in [0, 0.1) is 0 Å². The zero-order valence-electron chi connectivity index (χ0n) is 16.1. The Balaban J connectivity index is 1.60. The molecule has 9 heteroatoms. The van der Waals surface area contributed by atoms with Crippen LogP contribution in [0.3, 0.4) is 0 Å². The summed E-state index contributed by atoms with van der Waals surface area (Å²) in [4.78, 5) is 39.3. The van der Waals surface area contributed by atoms with E-state index in [4.69, 9.17) is 9.15 Å². The highest BCUT2D eigenvalue weighted by Crippen LogP contribution is 2.33. The van der Waals surface area contributed by atoms with Crippen LogP contribution in [-0.4, -0.2) is 65.6 Å². The first-order chi connectivity index (χ1) is 14.0. The SMILES string of the molecule is COc1ccc(C2=NN(C(=O)CN3C(=O)CN(C)C3=O)[C@@H](c3ccco3)C2)cc1. The second-order valence-corrected chi connectivity index (χ2v) is 6.87. The fraction of sp³-hybridized carbons (Fsp3) is 0.300. The molecular weight excluding hydrogens is 376 g/mol. The molecule has 3 heterocycles. The van der Waals surface area contributed by atoms with Crippen LogP contribution < -0.4 is 4.74 Å². The minimum Gasteiger partial charge on any atom is -0.497 e. The number of carbonyl (C=O) groups excluding carboxylic acids is 3. The van der Waals surface area contributed by atoms with Gasteiger partial charge in [0.2, 0.25) is 0 Å². The number of imide groups is 1. The summed E-state index contributed by atoms with van der Waals surface area (Å²) in [6.45, 7) is -0.396. The predicted octanol–water partition coefficient (Wildman–Crippen LogP) is 1.86. The van der Waals surface area contributed by atoms with Crippen molar-refractivity contribution in [2.75, 3.05) is 27.2 Å². The number of hydrazone groups is 1. The molecule has 1 atom stereocenters. The normalized spacial score (nSPS) is 19.2. The maximum absolute atomic E-state index is 13.0. The van der Waals surface area contributed by atoms with Crippen molar-refractivity contribution in [3.63, 3.8) is 0 Å². The van der Waals surface area contributed by atoms with Gasteiger partial charge in [-0.05, 0) is 42.0 Å². The summed E-state index contributed by atoms with van der Waals surface area (Å²) in [6.07, 6.45) is 1.99. The van der Waals surface area contributed by atoms with E-state index in [-0.39, 0.29) is 13.1 Å². The minimum absolute atomic E-state index is 0.0336. The lowest BCUT2D eigenvalue weighted by Gasteiger charge is -2.22. The molecule has 2 aliphatic heterocycles. The highest BCUT2D eigenvalue weighted by molar-refractivity contribution is 6.06. The summed E-state index contributed by atoms with van der Waals surface area (Å²) in [5.41, 5.74) is 1.56. The highest BCUT2D eigenvalue weighted by Gasteiger charge is 2.40. The van der Waals surface area contributed by atoms with E-state index in [1.807, 2.05) is 24.3 Å². The van der Waals surface area contributed by atoms with E-state index >= 15 is 0 Å². The van der Waals surface area contributed by atoms with Gasteiger partial charge in [0.25, 0.3) is 11.8 Å². The van der Waals surface area contributed by atoms with E-state index in [2.05, 4.69) is 5.10 Å². The summed E-state index contributed by atoms with van der Waals surface area (Å²) in [6, 6.07) is 9.96. The third kappa shape index (κ3) is 3.46. The summed E-state index contributed by atoms with van der Waals surface area (Å²) in [5, 5.41) is 5.80. The number of benzene rings is 1. The van der Waals surface area contributed by atoms with Crippen molar-refractivity contribution >= 4 is 23.6 Å². The molecule has 4 rings (SSSR count). The zero-order chi connectivity index (χ0) is 20.5. The molecule has 9 nitrogen and oxygen atoms in total. The number of rotatable bonds is 5. The summed E-state index contributed by atoms with van der Waals surface area (Å²) in [7, 11) is 3.11. The van der Waals surface area contributed by atoms with Crippen molar-refractivity contribution in [2.45, 2.75) is 12.5 Å². The molecule has 4 amide bonds. The van der Waals surface area contributed by atoms with Gasteiger partial charge < -0.3 is 14.1 Å². The Kier molecular flexibility index (Phi) is 4.79. The molecule has 29 heavy (non-hydrogen) atoms. The number of nitrogens with zero attached hydrogens (tertiary/aromatic N) is 4. The van der Waals surface area contributed by atoms with Crippen LogP contribution in [0.4, 0.5) is 4.79 Å².